The summed E-state index contributed by atoms with van der Waals surface area (Å²) < 4.78 is 8.43. The highest BCUT2D eigenvalue weighted by Gasteiger charge is 2.36. The molecule has 0 amide bonds. The van der Waals surface area contributed by atoms with Crippen LogP contribution < -0.4 is 15.0 Å². The van der Waals surface area contributed by atoms with Gasteiger partial charge in [0.15, 0.2) is 0 Å². The molecule has 29 heavy (non-hydrogen) atoms. The van der Waals surface area contributed by atoms with Gasteiger partial charge in [-0.05, 0) is 17.4 Å². The summed E-state index contributed by atoms with van der Waals surface area (Å²) in [6.07, 6.45) is 3.98. The van der Waals surface area contributed by atoms with Gasteiger partial charge in [0.2, 0.25) is 12.1 Å². The summed E-state index contributed by atoms with van der Waals surface area (Å²) in [5.74, 6) is 2.20. The normalized spacial score (nSPS) is 14.9. The third kappa shape index (κ3) is 2.92. The van der Waals surface area contributed by atoms with Crippen molar-refractivity contribution >= 4 is 16.6 Å². The van der Waals surface area contributed by atoms with Crippen LogP contribution in [0.5, 0.6) is 11.6 Å². The molecule has 0 bridgehead atoms. The van der Waals surface area contributed by atoms with Gasteiger partial charge in [0, 0.05) is 10.9 Å². The van der Waals surface area contributed by atoms with Gasteiger partial charge in [0.25, 0.3) is 0 Å². The van der Waals surface area contributed by atoms with Gasteiger partial charge in [-0.1, -0.05) is 85.1 Å². The number of nitrogens with zero attached hydrogens (tertiary/aromatic N) is 2. The second kappa shape index (κ2) is 7.21. The van der Waals surface area contributed by atoms with Crippen LogP contribution in [0.25, 0.3) is 10.8 Å². The first-order valence-electron chi connectivity index (χ1n) is 10.2. The minimum absolute atomic E-state index is 0.0128. The van der Waals surface area contributed by atoms with Crippen molar-refractivity contribution in [3.05, 3.63) is 89.7 Å². The summed E-state index contributed by atoms with van der Waals surface area (Å²) >= 11 is 0. The Kier molecular flexibility index (Phi) is 4.39. The van der Waals surface area contributed by atoms with Crippen LogP contribution in [-0.2, 0) is 6.54 Å². The van der Waals surface area contributed by atoms with Crippen molar-refractivity contribution in [1.82, 2.24) is 4.98 Å². The summed E-state index contributed by atoms with van der Waals surface area (Å²) in [5.41, 5.74) is 9.96. The minimum Gasteiger partial charge on any atom is -0.425 e. The summed E-state index contributed by atoms with van der Waals surface area (Å²) in [7, 11) is 0. The number of ether oxygens (including phenoxy) is 1. The van der Waals surface area contributed by atoms with Crippen molar-refractivity contribution < 1.29 is 9.30 Å². The third-order valence-corrected chi connectivity index (χ3v) is 5.72. The van der Waals surface area contributed by atoms with Crippen LogP contribution in [0.4, 0.5) is 5.82 Å². The maximum absolute atomic E-state index is 6.69. The predicted octanol–water partition coefficient (Wildman–Crippen LogP) is 5.19. The van der Waals surface area contributed by atoms with E-state index in [4.69, 9.17) is 10.5 Å². The molecule has 1 aliphatic heterocycles. The highest BCUT2D eigenvalue weighted by molar-refractivity contribution is 5.91. The highest BCUT2D eigenvalue weighted by atomic mass is 16.5. The molecular formula is C25H24N3O+. The average Bonchev–Trinajstić information content (AvgIpc) is 2.78. The van der Waals surface area contributed by atoms with E-state index in [1.165, 1.54) is 5.56 Å². The molecule has 2 N–H and O–H groups in total. The molecule has 4 nitrogen and oxygen atoms in total. The second-order valence-corrected chi connectivity index (χ2v) is 7.55. The van der Waals surface area contributed by atoms with Crippen molar-refractivity contribution in [2.24, 2.45) is 0 Å². The van der Waals surface area contributed by atoms with Gasteiger partial charge in [-0.25, -0.2) is 4.57 Å². The summed E-state index contributed by atoms with van der Waals surface area (Å²) in [4.78, 5) is 4.68. The topological polar surface area (TPSA) is 52.0 Å². The van der Waals surface area contributed by atoms with Crippen LogP contribution in [-0.4, -0.2) is 4.98 Å². The average molecular weight is 382 g/mol. The molecular weight excluding hydrogens is 358 g/mol. The first-order valence-corrected chi connectivity index (χ1v) is 10.2. The second-order valence-electron chi connectivity index (χ2n) is 7.55. The van der Waals surface area contributed by atoms with E-state index in [1.54, 1.807) is 0 Å². The Labute approximate surface area is 170 Å². The van der Waals surface area contributed by atoms with Crippen molar-refractivity contribution in [2.75, 3.05) is 5.73 Å². The zero-order chi connectivity index (χ0) is 19.8. The summed E-state index contributed by atoms with van der Waals surface area (Å²) in [6, 6.07) is 23.1. The van der Waals surface area contributed by atoms with Gasteiger partial charge in [0.05, 0.1) is 12.5 Å². The van der Waals surface area contributed by atoms with E-state index in [9.17, 15) is 0 Å². The van der Waals surface area contributed by atoms with Gasteiger partial charge in [0.1, 0.15) is 11.3 Å². The van der Waals surface area contributed by atoms with Crippen LogP contribution in [0.3, 0.4) is 0 Å². The maximum atomic E-state index is 6.69. The van der Waals surface area contributed by atoms with E-state index < -0.39 is 0 Å². The quantitative estimate of drug-likeness (QED) is 0.435. The molecule has 0 aliphatic carbocycles. The fraction of sp³-hybridized carbons (Fsp3) is 0.200. The molecule has 0 saturated carbocycles. The molecule has 5 rings (SSSR count). The molecule has 1 aromatic heterocycles. The zero-order valence-corrected chi connectivity index (χ0v) is 16.5. The Morgan fingerprint density at radius 3 is 2.62 bits per heavy atom. The number of aryl methyl sites for hydroxylation is 1. The number of unbranched alkanes of at least 4 members (excludes halogenated alkanes) is 1. The number of anilines is 1. The number of nitrogens with two attached hydrogens (primary N) is 1. The van der Waals surface area contributed by atoms with Crippen molar-refractivity contribution in [3.8, 4) is 11.6 Å². The Hall–Kier alpha value is -3.40. The summed E-state index contributed by atoms with van der Waals surface area (Å²) in [6.45, 7) is 3.04. The molecule has 2 heterocycles. The standard InChI is InChI=1S/C25H23N3O/c1-2-3-15-28-16-27-25-22(24(28)26)21(18-10-5-4-6-11-18)20-14-13-17-9-7-8-12-19(17)23(20)29-25/h4-14,16,21,26H,2-3,15H2,1H3/p+1/t21-/m1/s1. The number of aromatic nitrogens is 2. The monoisotopic (exact) mass is 382 g/mol. The molecule has 1 aliphatic rings. The molecule has 0 spiro atoms. The van der Waals surface area contributed by atoms with E-state index in [2.05, 4.69) is 60.4 Å². The number of rotatable bonds is 4. The maximum Gasteiger partial charge on any atom is 0.306 e. The SMILES string of the molecule is CCCC[n+]1cnc2c(c1N)[C@H](c1ccccc1)c1ccc3ccccc3c1O2. The van der Waals surface area contributed by atoms with Crippen LogP contribution in [0.1, 0.15) is 42.4 Å². The Morgan fingerprint density at radius 2 is 1.79 bits per heavy atom. The lowest BCUT2D eigenvalue weighted by Gasteiger charge is -2.28. The van der Waals surface area contributed by atoms with Gasteiger partial charge >= 0.3 is 5.88 Å². The molecule has 1 atom stereocenters. The molecule has 4 aromatic rings. The lowest BCUT2D eigenvalue weighted by molar-refractivity contribution is -0.686. The number of nitrogen functional groups attached to an aromatic ring is 1. The minimum atomic E-state index is -0.0128. The smallest absolute Gasteiger partial charge is 0.306 e. The molecule has 0 radical (unpaired) electrons. The lowest BCUT2D eigenvalue weighted by atomic mass is 9.82. The third-order valence-electron chi connectivity index (χ3n) is 5.72. The first kappa shape index (κ1) is 17.7. The highest BCUT2D eigenvalue weighted by Crippen LogP contribution is 2.50. The molecule has 3 aromatic carbocycles. The number of hydrogen-bond acceptors (Lipinski definition) is 3. The van der Waals surface area contributed by atoms with E-state index in [-0.39, 0.29) is 5.92 Å². The van der Waals surface area contributed by atoms with Crippen LogP contribution >= 0.6 is 0 Å². The van der Waals surface area contributed by atoms with Crippen LogP contribution in [0.15, 0.2) is 73.1 Å². The largest absolute Gasteiger partial charge is 0.425 e. The van der Waals surface area contributed by atoms with E-state index in [1.807, 2.05) is 29.1 Å². The Morgan fingerprint density at radius 1 is 1.00 bits per heavy atom. The van der Waals surface area contributed by atoms with Gasteiger partial charge in [-0.3, -0.25) is 0 Å². The van der Waals surface area contributed by atoms with Gasteiger partial charge in [-0.2, -0.15) is 0 Å². The molecule has 144 valence electrons. The Bertz CT molecular complexity index is 1190. The van der Waals surface area contributed by atoms with E-state index in [0.29, 0.717) is 5.88 Å². The van der Waals surface area contributed by atoms with E-state index in [0.717, 1.165) is 52.9 Å². The molecule has 4 heteroatoms. The van der Waals surface area contributed by atoms with Crippen LogP contribution in [0, 0.1) is 0 Å². The number of hydrogen-bond donors (Lipinski definition) is 1. The van der Waals surface area contributed by atoms with Gasteiger partial charge < -0.3 is 10.5 Å². The van der Waals surface area contributed by atoms with Gasteiger partial charge in [-0.15, -0.1) is 0 Å². The Balaban J connectivity index is 1.77. The first-order chi connectivity index (χ1) is 14.3. The lowest BCUT2D eigenvalue weighted by Crippen LogP contribution is -2.39. The fourth-order valence-corrected chi connectivity index (χ4v) is 4.22. The van der Waals surface area contributed by atoms with Crippen molar-refractivity contribution in [2.45, 2.75) is 32.2 Å². The fourth-order valence-electron chi connectivity index (χ4n) is 4.22. The van der Waals surface area contributed by atoms with Crippen molar-refractivity contribution in [3.63, 3.8) is 0 Å². The number of fused-ring (bicyclic) bond motifs is 4. The van der Waals surface area contributed by atoms with E-state index >= 15 is 0 Å². The predicted molar refractivity (Wildman–Crippen MR) is 115 cm³/mol. The van der Waals surface area contributed by atoms with Crippen LogP contribution in [0.2, 0.25) is 0 Å². The molecule has 0 fully saturated rings. The van der Waals surface area contributed by atoms with Crippen molar-refractivity contribution in [1.29, 1.82) is 0 Å². The summed E-state index contributed by atoms with van der Waals surface area (Å²) in [5, 5.41) is 2.25. The molecule has 0 unspecified atom stereocenters. The molecule has 0 saturated heterocycles. The zero-order valence-electron chi connectivity index (χ0n) is 16.5. The number of benzene rings is 3.